The quantitative estimate of drug-likeness (QED) is 0.766. The molecule has 0 spiro atoms. The van der Waals surface area contributed by atoms with Crippen LogP contribution < -0.4 is 5.32 Å². The van der Waals surface area contributed by atoms with Crippen molar-refractivity contribution >= 4 is 11.6 Å². The molecule has 1 aromatic carbocycles. The summed E-state index contributed by atoms with van der Waals surface area (Å²) >= 11 is 6.19. The molecule has 1 aliphatic carbocycles. The molecule has 0 unspecified atom stereocenters. The van der Waals surface area contributed by atoms with Crippen LogP contribution >= 0.6 is 11.6 Å². The first kappa shape index (κ1) is 9.04. The van der Waals surface area contributed by atoms with Gasteiger partial charge in [0.15, 0.2) is 0 Å². The smallest absolute Gasteiger partial charge is 0.0459 e. The van der Waals surface area contributed by atoms with Crippen LogP contribution in [0.1, 0.15) is 24.0 Å². The fourth-order valence-corrected chi connectivity index (χ4v) is 2.20. The van der Waals surface area contributed by atoms with Crippen LogP contribution in [0.2, 0.25) is 5.02 Å². The summed E-state index contributed by atoms with van der Waals surface area (Å²) in [4.78, 5) is 0. The van der Waals surface area contributed by atoms with Crippen molar-refractivity contribution in [1.29, 1.82) is 0 Å². The first-order chi connectivity index (χ1) is 6.18. The Balaban J connectivity index is 2.41. The molecule has 1 nitrogen and oxygen atoms in total. The lowest BCUT2D eigenvalue weighted by Crippen LogP contribution is -2.24. The zero-order valence-corrected chi connectivity index (χ0v) is 8.78. The SMILES string of the molecule is CNC1(c2ccc(C)cc2Cl)CC1. The van der Waals surface area contributed by atoms with Crippen molar-refractivity contribution in [1.82, 2.24) is 5.32 Å². The summed E-state index contributed by atoms with van der Waals surface area (Å²) in [5.74, 6) is 0. The van der Waals surface area contributed by atoms with Crippen LogP contribution in [0.15, 0.2) is 18.2 Å². The van der Waals surface area contributed by atoms with Gasteiger partial charge in [0.2, 0.25) is 0 Å². The molecule has 1 aromatic rings. The van der Waals surface area contributed by atoms with Crippen LogP contribution in [-0.4, -0.2) is 7.05 Å². The summed E-state index contributed by atoms with van der Waals surface area (Å²) in [5.41, 5.74) is 2.66. The number of hydrogen-bond donors (Lipinski definition) is 1. The van der Waals surface area contributed by atoms with E-state index in [0.29, 0.717) is 0 Å². The van der Waals surface area contributed by atoms with Gasteiger partial charge in [0.25, 0.3) is 0 Å². The Morgan fingerprint density at radius 2 is 2.08 bits per heavy atom. The number of hydrogen-bond acceptors (Lipinski definition) is 1. The Kier molecular flexibility index (Phi) is 2.09. The monoisotopic (exact) mass is 195 g/mol. The molecule has 2 rings (SSSR count). The molecule has 0 bridgehead atoms. The lowest BCUT2D eigenvalue weighted by molar-refractivity contribution is 0.586. The molecular weight excluding hydrogens is 182 g/mol. The van der Waals surface area contributed by atoms with Crippen molar-refractivity contribution in [3.8, 4) is 0 Å². The number of nitrogens with one attached hydrogen (secondary N) is 1. The lowest BCUT2D eigenvalue weighted by Gasteiger charge is -2.16. The molecule has 13 heavy (non-hydrogen) atoms. The van der Waals surface area contributed by atoms with Gasteiger partial charge in [-0.05, 0) is 44.0 Å². The van der Waals surface area contributed by atoms with Crippen molar-refractivity contribution < 1.29 is 0 Å². The van der Waals surface area contributed by atoms with E-state index in [1.165, 1.54) is 24.0 Å². The fraction of sp³-hybridized carbons (Fsp3) is 0.455. The molecule has 1 fully saturated rings. The molecule has 0 heterocycles. The summed E-state index contributed by atoms with van der Waals surface area (Å²) in [7, 11) is 2.00. The Bertz CT molecular complexity index is 329. The van der Waals surface area contributed by atoms with Crippen molar-refractivity contribution in [2.75, 3.05) is 7.05 Å². The van der Waals surface area contributed by atoms with E-state index in [1.54, 1.807) is 0 Å². The molecule has 2 heteroatoms. The molecular formula is C11H14ClN. The van der Waals surface area contributed by atoms with E-state index >= 15 is 0 Å². The zero-order chi connectivity index (χ0) is 9.47. The predicted octanol–water partition coefficient (Wildman–Crippen LogP) is 2.86. The summed E-state index contributed by atoms with van der Waals surface area (Å²) in [6, 6.07) is 6.30. The van der Waals surface area contributed by atoms with Crippen molar-refractivity contribution in [3.63, 3.8) is 0 Å². The molecule has 1 aliphatic rings. The van der Waals surface area contributed by atoms with Gasteiger partial charge in [-0.15, -0.1) is 0 Å². The highest BCUT2D eigenvalue weighted by Gasteiger charge is 2.43. The minimum atomic E-state index is 0.185. The first-order valence-corrected chi connectivity index (χ1v) is 5.01. The number of halogens is 1. The Hall–Kier alpha value is -0.530. The maximum Gasteiger partial charge on any atom is 0.0459 e. The molecule has 0 saturated heterocycles. The van der Waals surface area contributed by atoms with Crippen molar-refractivity contribution in [2.45, 2.75) is 25.3 Å². The average molecular weight is 196 g/mol. The third-order valence-electron chi connectivity index (χ3n) is 2.87. The van der Waals surface area contributed by atoms with Gasteiger partial charge in [0.05, 0.1) is 0 Å². The molecule has 1 N–H and O–H groups in total. The molecule has 0 atom stereocenters. The van der Waals surface area contributed by atoms with Gasteiger partial charge >= 0.3 is 0 Å². The summed E-state index contributed by atoms with van der Waals surface area (Å²) in [5, 5.41) is 4.24. The van der Waals surface area contributed by atoms with Crippen LogP contribution in [0, 0.1) is 6.92 Å². The second kappa shape index (κ2) is 3.00. The summed E-state index contributed by atoms with van der Waals surface area (Å²) in [6.07, 6.45) is 2.40. The fourth-order valence-electron chi connectivity index (χ4n) is 1.79. The molecule has 70 valence electrons. The second-order valence-electron chi connectivity index (χ2n) is 3.82. The lowest BCUT2D eigenvalue weighted by atomic mass is 10.0. The zero-order valence-electron chi connectivity index (χ0n) is 8.02. The average Bonchev–Trinajstić information content (AvgIpc) is 2.85. The number of rotatable bonds is 2. The van der Waals surface area contributed by atoms with Gasteiger partial charge in [-0.3, -0.25) is 0 Å². The first-order valence-electron chi connectivity index (χ1n) is 4.63. The third kappa shape index (κ3) is 1.47. The topological polar surface area (TPSA) is 12.0 Å². The van der Waals surface area contributed by atoms with Gasteiger partial charge < -0.3 is 5.32 Å². The standard InChI is InChI=1S/C11H14ClN/c1-8-3-4-9(10(12)7-8)11(13-2)5-6-11/h3-4,7,13H,5-6H2,1-2H3. The largest absolute Gasteiger partial charge is 0.310 e. The maximum atomic E-state index is 6.19. The molecule has 0 radical (unpaired) electrons. The second-order valence-corrected chi connectivity index (χ2v) is 4.22. The normalized spacial score (nSPS) is 18.7. The third-order valence-corrected chi connectivity index (χ3v) is 3.18. The van der Waals surface area contributed by atoms with Crippen molar-refractivity contribution in [2.24, 2.45) is 0 Å². The summed E-state index contributed by atoms with van der Waals surface area (Å²) in [6.45, 7) is 2.06. The van der Waals surface area contributed by atoms with Crippen LogP contribution in [-0.2, 0) is 5.54 Å². The maximum absolute atomic E-state index is 6.19. The van der Waals surface area contributed by atoms with E-state index in [9.17, 15) is 0 Å². The highest BCUT2D eigenvalue weighted by atomic mass is 35.5. The van der Waals surface area contributed by atoms with E-state index in [4.69, 9.17) is 11.6 Å². The van der Waals surface area contributed by atoms with E-state index < -0.39 is 0 Å². The predicted molar refractivity (Wildman–Crippen MR) is 56.2 cm³/mol. The van der Waals surface area contributed by atoms with E-state index in [0.717, 1.165) is 5.02 Å². The molecule has 0 aliphatic heterocycles. The number of benzene rings is 1. The summed E-state index contributed by atoms with van der Waals surface area (Å²) < 4.78 is 0. The Morgan fingerprint density at radius 1 is 1.38 bits per heavy atom. The Labute approximate surface area is 84.1 Å². The van der Waals surface area contributed by atoms with Gasteiger partial charge in [-0.25, -0.2) is 0 Å². The van der Waals surface area contributed by atoms with E-state index in [2.05, 4.69) is 24.4 Å². The number of aryl methyl sites for hydroxylation is 1. The van der Waals surface area contributed by atoms with Crippen molar-refractivity contribution in [3.05, 3.63) is 34.3 Å². The molecule has 0 aromatic heterocycles. The van der Waals surface area contributed by atoms with Crippen LogP contribution in [0.5, 0.6) is 0 Å². The van der Waals surface area contributed by atoms with Gasteiger partial charge in [0, 0.05) is 10.6 Å². The molecule has 1 saturated carbocycles. The Morgan fingerprint density at radius 3 is 2.54 bits per heavy atom. The van der Waals surface area contributed by atoms with Crippen LogP contribution in [0.25, 0.3) is 0 Å². The van der Waals surface area contributed by atoms with Gasteiger partial charge in [-0.1, -0.05) is 23.7 Å². The van der Waals surface area contributed by atoms with Crippen LogP contribution in [0.4, 0.5) is 0 Å². The van der Waals surface area contributed by atoms with Crippen LogP contribution in [0.3, 0.4) is 0 Å². The van der Waals surface area contributed by atoms with E-state index in [1.807, 2.05) is 13.1 Å². The highest BCUT2D eigenvalue weighted by molar-refractivity contribution is 6.31. The van der Waals surface area contributed by atoms with Gasteiger partial charge in [-0.2, -0.15) is 0 Å². The minimum absolute atomic E-state index is 0.185. The molecule has 0 amide bonds. The highest BCUT2D eigenvalue weighted by Crippen LogP contribution is 2.47. The minimum Gasteiger partial charge on any atom is -0.310 e. The van der Waals surface area contributed by atoms with E-state index in [-0.39, 0.29) is 5.54 Å². The van der Waals surface area contributed by atoms with Gasteiger partial charge in [0.1, 0.15) is 0 Å².